The maximum absolute atomic E-state index is 11.6. The molecule has 0 heterocycles. The van der Waals surface area contributed by atoms with Crippen LogP contribution in [0.25, 0.3) is 0 Å². The van der Waals surface area contributed by atoms with Gasteiger partial charge < -0.3 is 10.6 Å². The fourth-order valence-electron chi connectivity index (χ4n) is 1.13. The van der Waals surface area contributed by atoms with Crippen LogP contribution in [0.1, 0.15) is 10.4 Å². The molecule has 0 aliphatic rings. The summed E-state index contributed by atoms with van der Waals surface area (Å²) in [6.07, 6.45) is 0. The van der Waals surface area contributed by atoms with Crippen LogP contribution in [0.5, 0.6) is 0 Å². The molecule has 0 unspecified atom stereocenters. The molecule has 17 heavy (non-hydrogen) atoms. The molecular weight excluding hydrogens is 220 g/mol. The maximum atomic E-state index is 11.6. The minimum Gasteiger partial charge on any atom is -0.370 e. The normalized spacial score (nSPS) is 9.47. The lowest BCUT2D eigenvalue weighted by Crippen LogP contribution is -2.43. The number of nitrogens with zero attached hydrogens (tertiary/aromatic N) is 1. The van der Waals surface area contributed by atoms with Crippen molar-refractivity contribution in [3.63, 3.8) is 0 Å². The van der Waals surface area contributed by atoms with Crippen molar-refractivity contribution < 1.29 is 9.59 Å². The van der Waals surface area contributed by atoms with Crippen molar-refractivity contribution in [2.45, 2.75) is 0 Å². The Morgan fingerprint density at radius 3 is 2.47 bits per heavy atom. The van der Waals surface area contributed by atoms with Crippen LogP contribution in [0.15, 0.2) is 30.3 Å². The standard InChI is InChI=1S/C11H14N4O2/c1-15(11(12)13)7-9(16)14-10(17)8-5-3-2-4-6-8/h2-6H,7H2,1H3,(H3,12,13)(H,14,16,17). The summed E-state index contributed by atoms with van der Waals surface area (Å²) >= 11 is 0. The molecule has 0 aliphatic carbocycles. The van der Waals surface area contributed by atoms with Crippen LogP contribution in [0.4, 0.5) is 0 Å². The molecule has 4 N–H and O–H groups in total. The number of hydrogen-bond donors (Lipinski definition) is 3. The molecule has 0 saturated carbocycles. The highest BCUT2D eigenvalue weighted by Crippen LogP contribution is 1.97. The summed E-state index contributed by atoms with van der Waals surface area (Å²) in [5, 5.41) is 9.29. The van der Waals surface area contributed by atoms with Crippen LogP contribution >= 0.6 is 0 Å². The van der Waals surface area contributed by atoms with Gasteiger partial charge in [-0.25, -0.2) is 0 Å². The topological polar surface area (TPSA) is 99.3 Å². The summed E-state index contributed by atoms with van der Waals surface area (Å²) in [5.74, 6) is -1.20. The molecule has 1 aromatic carbocycles. The van der Waals surface area contributed by atoms with Crippen LogP contribution in [0, 0.1) is 5.41 Å². The van der Waals surface area contributed by atoms with E-state index in [1.54, 1.807) is 30.3 Å². The van der Waals surface area contributed by atoms with Crippen LogP contribution < -0.4 is 11.1 Å². The van der Waals surface area contributed by atoms with E-state index in [-0.39, 0.29) is 12.5 Å². The number of amides is 2. The second-order valence-electron chi connectivity index (χ2n) is 3.48. The average molecular weight is 234 g/mol. The summed E-state index contributed by atoms with van der Waals surface area (Å²) in [6, 6.07) is 8.42. The number of nitrogens with two attached hydrogens (primary N) is 1. The van der Waals surface area contributed by atoms with Crippen LogP contribution in [-0.4, -0.2) is 36.3 Å². The van der Waals surface area contributed by atoms with Crippen molar-refractivity contribution in [2.75, 3.05) is 13.6 Å². The Morgan fingerprint density at radius 1 is 1.35 bits per heavy atom. The Morgan fingerprint density at radius 2 is 1.94 bits per heavy atom. The van der Waals surface area contributed by atoms with E-state index < -0.39 is 11.8 Å². The molecule has 6 heteroatoms. The van der Waals surface area contributed by atoms with Gasteiger partial charge in [-0.15, -0.1) is 0 Å². The molecule has 2 amide bonds. The molecule has 0 aromatic heterocycles. The monoisotopic (exact) mass is 234 g/mol. The van der Waals surface area contributed by atoms with E-state index in [2.05, 4.69) is 5.32 Å². The van der Waals surface area contributed by atoms with Gasteiger partial charge in [-0.1, -0.05) is 18.2 Å². The number of benzene rings is 1. The number of hydrogen-bond acceptors (Lipinski definition) is 3. The number of likely N-dealkylation sites (N-methyl/N-ethyl adjacent to an activating group) is 1. The van der Waals surface area contributed by atoms with Crippen LogP contribution in [-0.2, 0) is 4.79 Å². The number of rotatable bonds is 3. The zero-order chi connectivity index (χ0) is 12.8. The van der Waals surface area contributed by atoms with E-state index in [1.807, 2.05) is 0 Å². The van der Waals surface area contributed by atoms with E-state index in [0.717, 1.165) is 0 Å². The van der Waals surface area contributed by atoms with Gasteiger partial charge in [0.25, 0.3) is 5.91 Å². The first kappa shape index (κ1) is 12.7. The smallest absolute Gasteiger partial charge is 0.257 e. The molecule has 6 nitrogen and oxygen atoms in total. The Kier molecular flexibility index (Phi) is 4.21. The molecule has 1 rings (SSSR count). The highest BCUT2D eigenvalue weighted by atomic mass is 16.2. The first-order chi connectivity index (χ1) is 8.00. The van der Waals surface area contributed by atoms with Crippen LogP contribution in [0.3, 0.4) is 0 Å². The Labute approximate surface area is 98.9 Å². The summed E-state index contributed by atoms with van der Waals surface area (Å²) in [5.41, 5.74) is 5.58. The number of guanidine groups is 1. The van der Waals surface area contributed by atoms with Gasteiger partial charge in [-0.3, -0.25) is 20.3 Å². The number of carbonyl (C=O) groups is 2. The predicted octanol–water partition coefficient (Wildman–Crippen LogP) is -0.232. The Balaban J connectivity index is 2.53. The summed E-state index contributed by atoms with van der Waals surface area (Å²) in [6.45, 7) is -0.131. The molecule has 0 bridgehead atoms. The van der Waals surface area contributed by atoms with Gasteiger partial charge in [0.2, 0.25) is 5.91 Å². The van der Waals surface area contributed by atoms with Gasteiger partial charge in [0.15, 0.2) is 5.96 Å². The molecule has 0 fully saturated rings. The van der Waals surface area contributed by atoms with E-state index in [4.69, 9.17) is 11.1 Å². The van der Waals surface area contributed by atoms with Crippen molar-refractivity contribution in [2.24, 2.45) is 5.73 Å². The number of imide groups is 1. The molecular formula is C11H14N4O2. The maximum Gasteiger partial charge on any atom is 0.257 e. The first-order valence-electron chi connectivity index (χ1n) is 4.95. The Bertz CT molecular complexity index is 430. The van der Waals surface area contributed by atoms with Crippen molar-refractivity contribution in [3.05, 3.63) is 35.9 Å². The fourth-order valence-corrected chi connectivity index (χ4v) is 1.13. The van der Waals surface area contributed by atoms with Crippen LogP contribution in [0.2, 0.25) is 0 Å². The molecule has 0 atom stereocenters. The molecule has 0 aliphatic heterocycles. The lowest BCUT2D eigenvalue weighted by Gasteiger charge is -2.15. The van der Waals surface area contributed by atoms with Gasteiger partial charge in [0.05, 0.1) is 6.54 Å². The zero-order valence-corrected chi connectivity index (χ0v) is 9.43. The van der Waals surface area contributed by atoms with E-state index in [0.29, 0.717) is 5.56 Å². The third-order valence-corrected chi connectivity index (χ3v) is 2.08. The minimum absolute atomic E-state index is 0.131. The van der Waals surface area contributed by atoms with Crippen molar-refractivity contribution in [1.29, 1.82) is 5.41 Å². The third-order valence-electron chi connectivity index (χ3n) is 2.08. The van der Waals surface area contributed by atoms with Gasteiger partial charge in [-0.2, -0.15) is 0 Å². The second-order valence-corrected chi connectivity index (χ2v) is 3.48. The lowest BCUT2D eigenvalue weighted by molar-refractivity contribution is -0.120. The highest BCUT2D eigenvalue weighted by molar-refractivity contribution is 6.05. The molecule has 1 aromatic rings. The molecule has 90 valence electrons. The first-order valence-corrected chi connectivity index (χ1v) is 4.95. The fraction of sp³-hybridized carbons (Fsp3) is 0.182. The zero-order valence-electron chi connectivity index (χ0n) is 9.43. The predicted molar refractivity (Wildman–Crippen MR) is 63.5 cm³/mol. The van der Waals surface area contributed by atoms with Crippen molar-refractivity contribution in [1.82, 2.24) is 10.2 Å². The highest BCUT2D eigenvalue weighted by Gasteiger charge is 2.12. The van der Waals surface area contributed by atoms with Gasteiger partial charge in [0.1, 0.15) is 0 Å². The van der Waals surface area contributed by atoms with E-state index in [9.17, 15) is 9.59 Å². The summed E-state index contributed by atoms with van der Waals surface area (Å²) in [4.78, 5) is 24.2. The molecule has 0 saturated heterocycles. The summed E-state index contributed by atoms with van der Waals surface area (Å²) in [7, 11) is 1.49. The van der Waals surface area contributed by atoms with Crippen molar-refractivity contribution in [3.8, 4) is 0 Å². The number of carbonyl (C=O) groups excluding carboxylic acids is 2. The minimum atomic E-state index is -0.503. The number of nitrogens with one attached hydrogen (secondary N) is 2. The van der Waals surface area contributed by atoms with E-state index in [1.165, 1.54) is 11.9 Å². The molecule has 0 radical (unpaired) electrons. The van der Waals surface area contributed by atoms with Gasteiger partial charge >= 0.3 is 0 Å². The largest absolute Gasteiger partial charge is 0.370 e. The second kappa shape index (κ2) is 5.64. The average Bonchev–Trinajstić information content (AvgIpc) is 2.29. The van der Waals surface area contributed by atoms with E-state index >= 15 is 0 Å². The summed E-state index contributed by atoms with van der Waals surface area (Å²) < 4.78 is 0. The SMILES string of the molecule is CN(CC(=O)NC(=O)c1ccccc1)C(=N)N. The van der Waals surface area contributed by atoms with Gasteiger partial charge in [0, 0.05) is 12.6 Å². The quantitative estimate of drug-likeness (QED) is 0.497. The lowest BCUT2D eigenvalue weighted by atomic mass is 10.2. The Hall–Kier alpha value is -2.37. The third kappa shape index (κ3) is 3.94. The van der Waals surface area contributed by atoms with Crippen molar-refractivity contribution >= 4 is 17.8 Å². The molecule has 0 spiro atoms. The van der Waals surface area contributed by atoms with Gasteiger partial charge in [-0.05, 0) is 12.1 Å².